The summed E-state index contributed by atoms with van der Waals surface area (Å²) >= 11 is 4.07. The lowest BCUT2D eigenvalue weighted by Gasteiger charge is -2.35. The highest BCUT2D eigenvalue weighted by Crippen LogP contribution is 2.22. The Morgan fingerprint density at radius 2 is 1.91 bits per heavy atom. The van der Waals surface area contributed by atoms with Crippen LogP contribution in [0.25, 0.3) is 0 Å². The number of hydrogen-bond acceptors (Lipinski definition) is 6. The third-order valence-corrected chi connectivity index (χ3v) is 6.67. The molecular formula is C17H25NO3S2. The van der Waals surface area contributed by atoms with Gasteiger partial charge in [0.15, 0.2) is 0 Å². The summed E-state index contributed by atoms with van der Waals surface area (Å²) < 4.78 is 11.9. The molecule has 6 heteroatoms. The van der Waals surface area contributed by atoms with E-state index in [0.29, 0.717) is 12.6 Å². The molecule has 1 aromatic rings. The van der Waals surface area contributed by atoms with E-state index in [9.17, 15) is 0 Å². The van der Waals surface area contributed by atoms with Gasteiger partial charge in [-0.15, -0.1) is 0 Å². The summed E-state index contributed by atoms with van der Waals surface area (Å²) in [7, 11) is 0. The van der Waals surface area contributed by atoms with Crippen LogP contribution in [0.15, 0.2) is 24.3 Å². The van der Waals surface area contributed by atoms with E-state index in [1.165, 1.54) is 23.0 Å². The van der Waals surface area contributed by atoms with Crippen LogP contribution in [0.1, 0.15) is 12.0 Å². The second kappa shape index (κ2) is 9.18. The minimum Gasteiger partial charge on any atom is -0.489 e. The van der Waals surface area contributed by atoms with Crippen molar-refractivity contribution in [1.82, 2.24) is 5.32 Å². The van der Waals surface area contributed by atoms with Gasteiger partial charge in [-0.05, 0) is 17.7 Å². The van der Waals surface area contributed by atoms with Crippen molar-refractivity contribution in [3.05, 3.63) is 29.8 Å². The highest BCUT2D eigenvalue weighted by Gasteiger charge is 2.29. The van der Waals surface area contributed by atoms with Crippen molar-refractivity contribution in [3.63, 3.8) is 0 Å². The van der Waals surface area contributed by atoms with Crippen LogP contribution in [0, 0.1) is 0 Å². The van der Waals surface area contributed by atoms with E-state index in [0.717, 1.165) is 24.3 Å². The molecule has 2 fully saturated rings. The lowest BCUT2D eigenvalue weighted by Crippen LogP contribution is -2.54. The Balaban J connectivity index is 1.58. The van der Waals surface area contributed by atoms with Crippen molar-refractivity contribution in [3.8, 4) is 5.75 Å². The minimum atomic E-state index is 0.0682. The molecule has 23 heavy (non-hydrogen) atoms. The van der Waals surface area contributed by atoms with Crippen LogP contribution in [0.2, 0.25) is 0 Å². The Labute approximate surface area is 146 Å². The maximum atomic E-state index is 9.13. The molecule has 4 nitrogen and oxygen atoms in total. The number of thioether (sulfide) groups is 2. The summed E-state index contributed by atoms with van der Waals surface area (Å²) in [5, 5.41) is 12.9. The highest BCUT2D eigenvalue weighted by atomic mass is 32.2. The lowest BCUT2D eigenvalue weighted by atomic mass is 10.1. The van der Waals surface area contributed by atoms with Crippen molar-refractivity contribution in [2.75, 3.05) is 36.2 Å². The molecule has 0 aromatic heterocycles. The molecule has 0 aliphatic carbocycles. The van der Waals surface area contributed by atoms with Gasteiger partial charge in [0.05, 0.1) is 25.9 Å². The molecule has 0 spiro atoms. The van der Waals surface area contributed by atoms with Crippen molar-refractivity contribution >= 4 is 23.5 Å². The molecule has 0 saturated carbocycles. The fourth-order valence-electron chi connectivity index (χ4n) is 2.88. The molecule has 1 aromatic carbocycles. The van der Waals surface area contributed by atoms with Gasteiger partial charge in [-0.3, -0.25) is 0 Å². The monoisotopic (exact) mass is 355 g/mol. The van der Waals surface area contributed by atoms with Crippen molar-refractivity contribution < 1.29 is 14.6 Å². The number of rotatable bonds is 5. The molecule has 2 N–H and O–H groups in total. The summed E-state index contributed by atoms with van der Waals surface area (Å²) in [5.41, 5.74) is 0.909. The first-order valence-electron chi connectivity index (χ1n) is 8.21. The summed E-state index contributed by atoms with van der Waals surface area (Å²) in [6.07, 6.45) is 1.05. The summed E-state index contributed by atoms with van der Waals surface area (Å²) in [5.74, 6) is 5.70. The van der Waals surface area contributed by atoms with Gasteiger partial charge in [0.25, 0.3) is 0 Å². The minimum absolute atomic E-state index is 0.0682. The lowest BCUT2D eigenvalue weighted by molar-refractivity contribution is -0.00601. The summed E-state index contributed by atoms with van der Waals surface area (Å²) in [6.45, 7) is 1.54. The van der Waals surface area contributed by atoms with Crippen LogP contribution < -0.4 is 10.1 Å². The van der Waals surface area contributed by atoms with Gasteiger partial charge in [0, 0.05) is 35.5 Å². The first kappa shape index (κ1) is 17.4. The molecule has 2 atom stereocenters. The number of nitrogens with one attached hydrogen (secondary N) is 1. The number of aliphatic hydroxyl groups excluding tert-OH is 1. The average Bonchev–Trinajstić information content (AvgIpc) is 2.86. The van der Waals surface area contributed by atoms with E-state index in [2.05, 4.69) is 5.32 Å². The predicted octanol–water partition coefficient (Wildman–Crippen LogP) is 2.15. The molecule has 128 valence electrons. The molecule has 3 rings (SSSR count). The van der Waals surface area contributed by atoms with Crippen molar-refractivity contribution in [2.45, 2.75) is 31.2 Å². The molecule has 0 amide bonds. The Morgan fingerprint density at radius 1 is 1.17 bits per heavy atom. The Kier molecular flexibility index (Phi) is 6.95. The van der Waals surface area contributed by atoms with Gasteiger partial charge in [-0.1, -0.05) is 12.1 Å². The summed E-state index contributed by atoms with van der Waals surface area (Å²) in [4.78, 5) is 0. The van der Waals surface area contributed by atoms with Crippen LogP contribution in [0.5, 0.6) is 5.75 Å². The van der Waals surface area contributed by atoms with Gasteiger partial charge in [0.1, 0.15) is 11.9 Å². The van der Waals surface area contributed by atoms with Gasteiger partial charge in [0.2, 0.25) is 0 Å². The molecule has 2 heterocycles. The zero-order chi connectivity index (χ0) is 15.9. The van der Waals surface area contributed by atoms with Crippen LogP contribution in [-0.4, -0.2) is 59.5 Å². The molecule has 0 unspecified atom stereocenters. The number of ether oxygens (including phenoxy) is 2. The van der Waals surface area contributed by atoms with E-state index in [1.807, 2.05) is 47.8 Å². The number of hydrogen-bond donors (Lipinski definition) is 2. The Hall–Kier alpha value is -0.400. The van der Waals surface area contributed by atoms with E-state index in [-0.39, 0.29) is 18.8 Å². The van der Waals surface area contributed by atoms with Crippen LogP contribution in [-0.2, 0) is 11.3 Å². The maximum absolute atomic E-state index is 9.13. The van der Waals surface area contributed by atoms with E-state index < -0.39 is 0 Å². The zero-order valence-electron chi connectivity index (χ0n) is 13.3. The normalized spacial score (nSPS) is 26.7. The standard InChI is InChI=1S/C17H25NO3S2/c19-9-13-1-3-15(4-2-13)21-17-5-6-20-10-16(17)18-14-11-22-7-8-23-12-14/h1-4,14,16-19H,5-12H2/t16-,17-/m1/s1. The average molecular weight is 356 g/mol. The number of benzene rings is 1. The maximum Gasteiger partial charge on any atom is 0.119 e. The second-order valence-electron chi connectivity index (χ2n) is 5.94. The van der Waals surface area contributed by atoms with E-state index in [4.69, 9.17) is 14.6 Å². The topological polar surface area (TPSA) is 50.7 Å². The van der Waals surface area contributed by atoms with Crippen molar-refractivity contribution in [1.29, 1.82) is 0 Å². The van der Waals surface area contributed by atoms with Crippen LogP contribution in [0.3, 0.4) is 0 Å². The Morgan fingerprint density at radius 3 is 2.61 bits per heavy atom. The van der Waals surface area contributed by atoms with Gasteiger partial charge in [-0.2, -0.15) is 23.5 Å². The first-order chi connectivity index (χ1) is 11.3. The summed E-state index contributed by atoms with van der Waals surface area (Å²) in [6, 6.07) is 8.48. The second-order valence-corrected chi connectivity index (χ2v) is 8.24. The molecule has 2 aliphatic heterocycles. The van der Waals surface area contributed by atoms with E-state index >= 15 is 0 Å². The number of aliphatic hydroxyl groups is 1. The van der Waals surface area contributed by atoms with Crippen LogP contribution in [0.4, 0.5) is 0 Å². The van der Waals surface area contributed by atoms with Crippen molar-refractivity contribution in [2.24, 2.45) is 0 Å². The third-order valence-electron chi connectivity index (χ3n) is 4.15. The van der Waals surface area contributed by atoms with E-state index in [1.54, 1.807) is 0 Å². The first-order valence-corrected chi connectivity index (χ1v) is 10.5. The third kappa shape index (κ3) is 5.29. The Bertz CT molecular complexity index is 463. The fraction of sp³-hybridized carbons (Fsp3) is 0.647. The molecule has 0 radical (unpaired) electrons. The smallest absolute Gasteiger partial charge is 0.119 e. The molecule has 2 aliphatic rings. The molecular weight excluding hydrogens is 330 g/mol. The molecule has 0 bridgehead atoms. The van der Waals surface area contributed by atoms with Gasteiger partial charge in [-0.25, -0.2) is 0 Å². The highest BCUT2D eigenvalue weighted by molar-refractivity contribution is 8.03. The fourth-order valence-corrected chi connectivity index (χ4v) is 5.30. The van der Waals surface area contributed by atoms with Gasteiger partial charge < -0.3 is 19.9 Å². The largest absolute Gasteiger partial charge is 0.489 e. The quantitative estimate of drug-likeness (QED) is 0.844. The van der Waals surface area contributed by atoms with Gasteiger partial charge >= 0.3 is 0 Å². The predicted molar refractivity (Wildman–Crippen MR) is 97.6 cm³/mol. The zero-order valence-corrected chi connectivity index (χ0v) is 14.9. The SMILES string of the molecule is OCc1ccc(O[C@@H]2CCOC[C@H]2NC2CSCCSC2)cc1. The molecule has 2 saturated heterocycles. The van der Waals surface area contributed by atoms with Crippen LogP contribution >= 0.6 is 23.5 Å².